The van der Waals surface area contributed by atoms with Crippen molar-refractivity contribution in [2.24, 2.45) is 5.41 Å². The summed E-state index contributed by atoms with van der Waals surface area (Å²) >= 11 is 0. The number of anilines is 1. The minimum Gasteiger partial charge on any atom is -0.492 e. The van der Waals surface area contributed by atoms with Gasteiger partial charge in [0.25, 0.3) is 0 Å². The topological polar surface area (TPSA) is 158 Å². The summed E-state index contributed by atoms with van der Waals surface area (Å²) < 4.78 is 7.47. The molecule has 0 aliphatic rings. The molecule has 1 atom stereocenters. The second kappa shape index (κ2) is 9.86. The van der Waals surface area contributed by atoms with Gasteiger partial charge in [-0.2, -0.15) is 0 Å². The van der Waals surface area contributed by atoms with Crippen LogP contribution in [0.4, 0.5) is 5.82 Å². The van der Waals surface area contributed by atoms with Crippen molar-refractivity contribution in [3.63, 3.8) is 0 Å². The van der Waals surface area contributed by atoms with Gasteiger partial charge in [-0.1, -0.05) is 6.92 Å². The zero-order valence-corrected chi connectivity index (χ0v) is 18.7. The van der Waals surface area contributed by atoms with Gasteiger partial charge in [0.2, 0.25) is 17.6 Å². The summed E-state index contributed by atoms with van der Waals surface area (Å²) in [5.41, 5.74) is 4.06. The predicted octanol–water partition coefficient (Wildman–Crippen LogP) is 1.98. The molecule has 1 unspecified atom stereocenters. The molecule has 178 valence electrons. The van der Waals surface area contributed by atoms with Crippen LogP contribution in [0.1, 0.15) is 53.4 Å². The SMILES string of the molecule is CCC(C)(CCC(=O)On1c(O)ccc1O)OCCC(C)(C)C(=O)On1c(N)ccc1O. The summed E-state index contributed by atoms with van der Waals surface area (Å²) in [5.74, 6) is -2.22. The molecule has 2 heterocycles. The van der Waals surface area contributed by atoms with Crippen LogP contribution in [-0.2, 0) is 14.3 Å². The van der Waals surface area contributed by atoms with Gasteiger partial charge in [0.15, 0.2) is 0 Å². The van der Waals surface area contributed by atoms with Crippen molar-refractivity contribution in [3.8, 4) is 17.6 Å². The Balaban J connectivity index is 1.85. The van der Waals surface area contributed by atoms with E-state index in [2.05, 4.69) is 0 Å². The standard InChI is InChI=1S/C21H31N3O8/c1-5-21(4,11-10-18(28)31-24-16(26)8-9-17(24)27)30-13-12-20(2,3)19(29)32-23-14(22)6-7-15(23)25/h6-9,25-27H,5,10-13,22H2,1-4H3. The van der Waals surface area contributed by atoms with Crippen molar-refractivity contribution in [2.75, 3.05) is 12.3 Å². The zero-order chi connectivity index (χ0) is 24.1. The Bertz CT molecular complexity index is 910. The Morgan fingerprint density at radius 1 is 0.938 bits per heavy atom. The maximum atomic E-state index is 12.5. The number of nitrogen functional groups attached to an aromatic ring is 1. The number of nitrogens with zero attached hydrogens (tertiary/aromatic N) is 2. The van der Waals surface area contributed by atoms with Crippen LogP contribution in [0.2, 0.25) is 0 Å². The minimum atomic E-state index is -0.930. The van der Waals surface area contributed by atoms with Crippen molar-refractivity contribution in [1.82, 2.24) is 9.46 Å². The molecule has 32 heavy (non-hydrogen) atoms. The Morgan fingerprint density at radius 2 is 1.50 bits per heavy atom. The second-order valence-corrected chi connectivity index (χ2v) is 8.38. The maximum absolute atomic E-state index is 12.5. The molecule has 0 saturated carbocycles. The molecule has 5 N–H and O–H groups in total. The highest BCUT2D eigenvalue weighted by Crippen LogP contribution is 2.28. The van der Waals surface area contributed by atoms with E-state index in [1.54, 1.807) is 13.8 Å². The third-order valence-electron chi connectivity index (χ3n) is 5.35. The first-order valence-electron chi connectivity index (χ1n) is 10.2. The quantitative estimate of drug-likeness (QED) is 0.399. The fourth-order valence-electron chi connectivity index (χ4n) is 2.75. The Morgan fingerprint density at radius 3 is 2.03 bits per heavy atom. The van der Waals surface area contributed by atoms with Crippen molar-refractivity contribution in [1.29, 1.82) is 0 Å². The molecule has 0 spiro atoms. The third-order valence-corrected chi connectivity index (χ3v) is 5.35. The predicted molar refractivity (Wildman–Crippen MR) is 114 cm³/mol. The summed E-state index contributed by atoms with van der Waals surface area (Å²) in [5, 5.41) is 28.8. The lowest BCUT2D eigenvalue weighted by Crippen LogP contribution is -2.36. The molecule has 0 aromatic carbocycles. The number of ether oxygens (including phenoxy) is 1. The van der Waals surface area contributed by atoms with Gasteiger partial charge in [0, 0.05) is 24.8 Å². The maximum Gasteiger partial charge on any atom is 0.338 e. The minimum absolute atomic E-state index is 0.0149. The average Bonchev–Trinajstić information content (AvgIpc) is 3.22. The van der Waals surface area contributed by atoms with E-state index < -0.39 is 34.7 Å². The number of nitrogens with two attached hydrogens (primary N) is 1. The van der Waals surface area contributed by atoms with Gasteiger partial charge in [-0.3, -0.25) is 0 Å². The molecule has 11 nitrogen and oxygen atoms in total. The number of hydrogen-bond donors (Lipinski definition) is 4. The second-order valence-electron chi connectivity index (χ2n) is 8.38. The highest BCUT2D eigenvalue weighted by atomic mass is 16.7. The first-order chi connectivity index (χ1) is 14.9. The summed E-state index contributed by atoms with van der Waals surface area (Å²) in [6, 6.07) is 5.12. The fourth-order valence-corrected chi connectivity index (χ4v) is 2.75. The summed E-state index contributed by atoms with van der Waals surface area (Å²) in [6.45, 7) is 7.34. The van der Waals surface area contributed by atoms with E-state index in [0.717, 1.165) is 4.73 Å². The molecule has 2 aromatic rings. The number of carbonyl (C=O) groups is 2. The van der Waals surface area contributed by atoms with Gasteiger partial charge >= 0.3 is 11.9 Å². The molecule has 0 aliphatic carbocycles. The van der Waals surface area contributed by atoms with Crippen LogP contribution in [0.15, 0.2) is 24.3 Å². The Labute approximate surface area is 185 Å². The van der Waals surface area contributed by atoms with Gasteiger partial charge in [-0.15, -0.1) is 9.46 Å². The molecule has 0 fully saturated rings. The van der Waals surface area contributed by atoms with E-state index in [-0.39, 0.29) is 24.7 Å². The molecule has 2 rings (SSSR count). The van der Waals surface area contributed by atoms with Crippen LogP contribution in [0.25, 0.3) is 0 Å². The largest absolute Gasteiger partial charge is 0.492 e. The lowest BCUT2D eigenvalue weighted by Gasteiger charge is -2.30. The number of aromatic hydroxyl groups is 3. The van der Waals surface area contributed by atoms with E-state index in [1.807, 2.05) is 13.8 Å². The van der Waals surface area contributed by atoms with Crippen LogP contribution in [0.5, 0.6) is 17.6 Å². The zero-order valence-electron chi connectivity index (χ0n) is 18.7. The molecular weight excluding hydrogens is 422 g/mol. The highest BCUT2D eigenvalue weighted by molar-refractivity contribution is 5.76. The van der Waals surface area contributed by atoms with E-state index in [4.69, 9.17) is 20.1 Å². The molecule has 0 saturated heterocycles. The van der Waals surface area contributed by atoms with E-state index in [0.29, 0.717) is 24.0 Å². The van der Waals surface area contributed by atoms with Gasteiger partial charge < -0.3 is 35.5 Å². The lowest BCUT2D eigenvalue weighted by molar-refractivity contribution is -0.157. The van der Waals surface area contributed by atoms with Crippen molar-refractivity contribution in [3.05, 3.63) is 24.3 Å². The highest BCUT2D eigenvalue weighted by Gasteiger charge is 2.33. The van der Waals surface area contributed by atoms with Gasteiger partial charge in [0.1, 0.15) is 5.82 Å². The van der Waals surface area contributed by atoms with E-state index >= 15 is 0 Å². The van der Waals surface area contributed by atoms with Gasteiger partial charge in [-0.05, 0) is 46.1 Å². The first kappa shape index (κ1) is 24.9. The van der Waals surface area contributed by atoms with Crippen molar-refractivity contribution in [2.45, 2.75) is 59.0 Å². The van der Waals surface area contributed by atoms with Gasteiger partial charge in [-0.25, -0.2) is 9.59 Å². The number of carbonyl (C=O) groups excluding carboxylic acids is 2. The summed E-state index contributed by atoms with van der Waals surface area (Å²) in [7, 11) is 0. The van der Waals surface area contributed by atoms with Crippen LogP contribution >= 0.6 is 0 Å². The fraction of sp³-hybridized carbons (Fsp3) is 0.524. The molecule has 0 radical (unpaired) electrons. The van der Waals surface area contributed by atoms with E-state index in [1.165, 1.54) is 24.3 Å². The summed E-state index contributed by atoms with van der Waals surface area (Å²) in [4.78, 5) is 34.7. The number of aromatic nitrogens is 2. The van der Waals surface area contributed by atoms with E-state index in [9.17, 15) is 24.9 Å². The third kappa shape index (κ3) is 6.10. The monoisotopic (exact) mass is 453 g/mol. The number of rotatable bonds is 11. The molecular formula is C21H31N3O8. The molecule has 0 aliphatic heterocycles. The lowest BCUT2D eigenvalue weighted by atomic mass is 9.89. The smallest absolute Gasteiger partial charge is 0.338 e. The molecule has 0 amide bonds. The first-order valence-corrected chi connectivity index (χ1v) is 10.2. The average molecular weight is 453 g/mol. The molecule has 11 heteroatoms. The van der Waals surface area contributed by atoms with Crippen molar-refractivity contribution < 1.29 is 39.3 Å². The van der Waals surface area contributed by atoms with Crippen LogP contribution in [-0.4, -0.2) is 48.9 Å². The van der Waals surface area contributed by atoms with Crippen molar-refractivity contribution >= 4 is 17.8 Å². The normalized spacial score (nSPS) is 13.5. The summed E-state index contributed by atoms with van der Waals surface area (Å²) in [6.07, 6.45) is 1.22. The van der Waals surface area contributed by atoms with Crippen LogP contribution in [0, 0.1) is 5.41 Å². The number of hydrogen-bond acceptors (Lipinski definition) is 9. The van der Waals surface area contributed by atoms with Gasteiger partial charge in [0.05, 0.1) is 17.4 Å². The molecule has 2 aromatic heterocycles. The van der Waals surface area contributed by atoms with Crippen LogP contribution < -0.4 is 15.4 Å². The Hall–Kier alpha value is -3.34. The Kier molecular flexibility index (Phi) is 7.68. The molecule has 0 bridgehead atoms. The van der Waals surface area contributed by atoms with Crippen LogP contribution in [0.3, 0.4) is 0 Å².